The largest absolute Gasteiger partial charge is 0.494 e. The van der Waals surface area contributed by atoms with E-state index in [0.717, 1.165) is 58.7 Å². The van der Waals surface area contributed by atoms with Crippen molar-refractivity contribution in [1.82, 2.24) is 24.0 Å². The molecule has 11 heteroatoms. The quantitative estimate of drug-likeness (QED) is 0.253. The van der Waals surface area contributed by atoms with E-state index in [-0.39, 0.29) is 24.6 Å². The highest BCUT2D eigenvalue weighted by molar-refractivity contribution is 6.00. The van der Waals surface area contributed by atoms with Gasteiger partial charge in [-0.1, -0.05) is 0 Å². The van der Waals surface area contributed by atoms with E-state index in [2.05, 4.69) is 21.3 Å². The lowest BCUT2D eigenvalue weighted by Gasteiger charge is -2.27. The number of hydrogen-bond donors (Lipinski definition) is 2. The Morgan fingerprint density at radius 1 is 1.00 bits per heavy atom. The second-order valence-electron chi connectivity index (χ2n) is 13.0. The van der Waals surface area contributed by atoms with Crippen LogP contribution in [0.4, 0.5) is 0 Å². The number of primary amides is 1. The van der Waals surface area contributed by atoms with Gasteiger partial charge in [0.1, 0.15) is 22.7 Å². The van der Waals surface area contributed by atoms with Crippen molar-refractivity contribution in [1.29, 1.82) is 0 Å². The molecular weight excluding hydrogens is 582 g/mol. The Morgan fingerprint density at radius 3 is 2.48 bits per heavy atom. The molecule has 2 saturated carbocycles. The summed E-state index contributed by atoms with van der Waals surface area (Å²) < 4.78 is 15.6. The van der Waals surface area contributed by atoms with Crippen molar-refractivity contribution < 1.29 is 19.1 Å². The minimum absolute atomic E-state index is 0.0120. The van der Waals surface area contributed by atoms with E-state index < -0.39 is 5.91 Å². The number of benzene rings is 2. The van der Waals surface area contributed by atoms with Gasteiger partial charge in [0, 0.05) is 48.7 Å². The maximum Gasteiger partial charge on any atom is 0.255 e. The van der Waals surface area contributed by atoms with E-state index in [9.17, 15) is 9.59 Å². The van der Waals surface area contributed by atoms with Crippen LogP contribution >= 0.6 is 0 Å². The van der Waals surface area contributed by atoms with Gasteiger partial charge in [0.05, 0.1) is 24.0 Å². The van der Waals surface area contributed by atoms with E-state index in [0.29, 0.717) is 41.0 Å². The molecule has 3 aromatic heterocycles. The Balaban J connectivity index is 1.18. The maximum absolute atomic E-state index is 13.7. The number of ether oxygens (including phenoxy) is 2. The zero-order valence-corrected chi connectivity index (χ0v) is 26.0. The SMILES string of the molecule is COc1cc(C(=O)N2C[C@H]3CC[C@@H]2[C@@H]3N)cc2nc(-c3cc4ccc(-c5ccc(OCC(N)=O)cc5)nc4n3CC3CC3)n(C)c12. The number of carbonyl (C=O) groups excluding carboxylic acids is 2. The second kappa shape index (κ2) is 10.9. The number of aryl methyl sites for hydroxylation is 1. The van der Waals surface area contributed by atoms with E-state index in [1.54, 1.807) is 7.11 Å². The Labute approximate surface area is 266 Å². The van der Waals surface area contributed by atoms with Gasteiger partial charge in [0.25, 0.3) is 11.8 Å². The number of imidazole rings is 1. The van der Waals surface area contributed by atoms with Crippen molar-refractivity contribution >= 4 is 33.9 Å². The first-order chi connectivity index (χ1) is 22.3. The van der Waals surface area contributed by atoms with Crippen LogP contribution in [0.5, 0.6) is 11.5 Å². The van der Waals surface area contributed by atoms with Gasteiger partial charge in [-0.25, -0.2) is 9.97 Å². The molecule has 1 saturated heterocycles. The summed E-state index contributed by atoms with van der Waals surface area (Å²) in [6.07, 6.45) is 4.43. The standard InChI is InChI=1S/C35H37N7O4/c1-40-32-26(13-23(15-29(32)45-2)35(44)42-17-22-8-12-27(42)31(22)37)39-34(40)28-14-21-7-11-25(38-33(21)41(28)16-19-3-4-19)20-5-9-24(10-6-20)46-18-30(36)43/h5-7,9-11,13-15,19,22,27,31H,3-4,8,12,16-18,37H2,1-2H3,(H2,36,43)/t22-,27-,31-/m1/s1. The molecule has 5 aromatic rings. The van der Waals surface area contributed by atoms with Crippen molar-refractivity contribution in [2.75, 3.05) is 20.3 Å². The summed E-state index contributed by atoms with van der Waals surface area (Å²) in [6, 6.07) is 17.6. The Bertz CT molecular complexity index is 2010. The Morgan fingerprint density at radius 2 is 1.80 bits per heavy atom. The smallest absolute Gasteiger partial charge is 0.255 e. The van der Waals surface area contributed by atoms with Crippen LogP contribution in [0.2, 0.25) is 0 Å². The van der Waals surface area contributed by atoms with Gasteiger partial charge in [-0.05, 0) is 92.1 Å². The van der Waals surface area contributed by atoms with Gasteiger partial charge in [0.15, 0.2) is 12.4 Å². The van der Waals surface area contributed by atoms with Crippen LogP contribution in [0.3, 0.4) is 0 Å². The fourth-order valence-electron chi connectivity index (χ4n) is 7.36. The predicted molar refractivity (Wildman–Crippen MR) is 174 cm³/mol. The summed E-state index contributed by atoms with van der Waals surface area (Å²) in [4.78, 5) is 37.0. The number of amides is 2. The summed E-state index contributed by atoms with van der Waals surface area (Å²) in [5, 5.41) is 1.02. The highest BCUT2D eigenvalue weighted by Crippen LogP contribution is 2.40. The van der Waals surface area contributed by atoms with Crippen molar-refractivity contribution in [2.45, 2.75) is 44.3 Å². The molecule has 3 fully saturated rings. The monoisotopic (exact) mass is 619 g/mol. The number of nitrogens with two attached hydrogens (primary N) is 2. The molecule has 2 amide bonds. The van der Waals surface area contributed by atoms with Gasteiger partial charge in [-0.3, -0.25) is 9.59 Å². The van der Waals surface area contributed by atoms with Crippen LogP contribution in [0, 0.1) is 11.8 Å². The number of fused-ring (bicyclic) bond motifs is 4. The molecule has 4 N–H and O–H groups in total. The molecule has 8 rings (SSSR count). The molecule has 236 valence electrons. The van der Waals surface area contributed by atoms with E-state index in [1.807, 2.05) is 54.4 Å². The minimum atomic E-state index is -0.518. The summed E-state index contributed by atoms with van der Waals surface area (Å²) in [7, 11) is 3.63. The zero-order valence-electron chi connectivity index (χ0n) is 26.0. The number of nitrogens with zero attached hydrogens (tertiary/aromatic N) is 5. The lowest BCUT2D eigenvalue weighted by molar-refractivity contribution is -0.119. The van der Waals surface area contributed by atoms with Gasteiger partial charge in [-0.2, -0.15) is 0 Å². The fraction of sp³-hybridized carbons (Fsp3) is 0.371. The Hall–Kier alpha value is -4.90. The third-order valence-corrected chi connectivity index (χ3v) is 9.96. The highest BCUT2D eigenvalue weighted by Gasteiger charge is 2.47. The van der Waals surface area contributed by atoms with Crippen molar-refractivity contribution in [3.63, 3.8) is 0 Å². The van der Waals surface area contributed by atoms with Crippen LogP contribution in [0.1, 0.15) is 36.0 Å². The van der Waals surface area contributed by atoms with Crippen molar-refractivity contribution in [3.8, 4) is 34.3 Å². The number of hydrogen-bond acceptors (Lipinski definition) is 7. The first-order valence-corrected chi connectivity index (χ1v) is 15.9. The molecule has 3 aliphatic rings. The number of pyridine rings is 1. The molecule has 46 heavy (non-hydrogen) atoms. The molecular formula is C35H37N7O4. The third-order valence-electron chi connectivity index (χ3n) is 9.96. The maximum atomic E-state index is 13.7. The molecule has 0 radical (unpaired) electrons. The Kier molecular flexibility index (Phi) is 6.75. The number of carbonyl (C=O) groups is 2. The van der Waals surface area contributed by atoms with Gasteiger partial charge in [-0.15, -0.1) is 0 Å². The number of likely N-dealkylation sites (tertiary alicyclic amines) is 1. The molecule has 4 heterocycles. The molecule has 2 aromatic carbocycles. The average molecular weight is 620 g/mol. The van der Waals surface area contributed by atoms with Crippen LogP contribution in [-0.4, -0.2) is 68.2 Å². The summed E-state index contributed by atoms with van der Waals surface area (Å²) in [6.45, 7) is 1.39. The minimum Gasteiger partial charge on any atom is -0.494 e. The molecule has 3 atom stereocenters. The lowest BCUT2D eigenvalue weighted by Crippen LogP contribution is -2.41. The number of aromatic nitrogens is 4. The van der Waals surface area contributed by atoms with E-state index in [1.165, 1.54) is 12.8 Å². The molecule has 0 unspecified atom stereocenters. The van der Waals surface area contributed by atoms with Crippen molar-refractivity contribution in [3.05, 3.63) is 60.2 Å². The van der Waals surface area contributed by atoms with Crippen molar-refractivity contribution in [2.24, 2.45) is 30.4 Å². The molecule has 11 nitrogen and oxygen atoms in total. The number of methoxy groups -OCH3 is 1. The lowest BCUT2D eigenvalue weighted by atomic mass is 10.1. The molecule has 2 aliphatic carbocycles. The highest BCUT2D eigenvalue weighted by atomic mass is 16.5. The first-order valence-electron chi connectivity index (χ1n) is 15.9. The zero-order chi connectivity index (χ0) is 31.7. The van der Waals surface area contributed by atoms with Gasteiger partial charge >= 0.3 is 0 Å². The average Bonchev–Trinajstić information content (AvgIpc) is 3.47. The van der Waals surface area contributed by atoms with E-state index in [4.69, 9.17) is 30.9 Å². The van der Waals surface area contributed by atoms with Crippen LogP contribution in [0.25, 0.3) is 44.8 Å². The second-order valence-corrected chi connectivity index (χ2v) is 13.0. The first kappa shape index (κ1) is 28.6. The number of piperidine rings is 1. The van der Waals surface area contributed by atoms with Crippen LogP contribution in [-0.2, 0) is 18.4 Å². The normalized spacial score (nSPS) is 20.6. The topological polar surface area (TPSA) is 144 Å². The molecule has 0 spiro atoms. The predicted octanol–water partition coefficient (Wildman–Crippen LogP) is 4.10. The summed E-state index contributed by atoms with van der Waals surface area (Å²) in [5.41, 5.74) is 17.4. The summed E-state index contributed by atoms with van der Waals surface area (Å²) >= 11 is 0. The van der Waals surface area contributed by atoms with Crippen LogP contribution in [0.15, 0.2) is 54.6 Å². The van der Waals surface area contributed by atoms with E-state index >= 15 is 0 Å². The third kappa shape index (κ3) is 4.77. The van der Waals surface area contributed by atoms with Crippen LogP contribution < -0.4 is 20.9 Å². The fourth-order valence-corrected chi connectivity index (χ4v) is 7.36. The summed E-state index contributed by atoms with van der Waals surface area (Å²) in [5.74, 6) is 2.42. The molecule has 1 aliphatic heterocycles. The number of rotatable bonds is 9. The van der Waals surface area contributed by atoms with Gasteiger partial charge in [0.2, 0.25) is 0 Å². The molecule has 2 bridgehead atoms. The van der Waals surface area contributed by atoms with Gasteiger partial charge < -0.3 is 35.0 Å².